The first-order valence-corrected chi connectivity index (χ1v) is 5.29. The molecule has 1 aromatic rings. The fraction of sp³-hybridized carbons (Fsp3) is 0.308. The van der Waals surface area contributed by atoms with E-state index in [1.807, 2.05) is 6.92 Å². The Kier molecular flexibility index (Phi) is 4.68. The lowest BCUT2D eigenvalue weighted by Gasteiger charge is -2.10. The highest BCUT2D eigenvalue weighted by atomic mass is 19.1. The summed E-state index contributed by atoms with van der Waals surface area (Å²) in [6, 6.07) is 3.98. The number of rotatable bonds is 5. The van der Waals surface area contributed by atoms with Gasteiger partial charge in [0.05, 0.1) is 11.6 Å². The van der Waals surface area contributed by atoms with Crippen molar-refractivity contribution in [3.05, 3.63) is 35.1 Å². The second kappa shape index (κ2) is 6.02. The molecule has 1 unspecified atom stereocenters. The topological polar surface area (TPSA) is 49.3 Å². The first-order valence-electron chi connectivity index (χ1n) is 5.29. The van der Waals surface area contributed by atoms with Crippen LogP contribution in [0.1, 0.15) is 29.3 Å². The summed E-state index contributed by atoms with van der Waals surface area (Å²) >= 11 is 0. The van der Waals surface area contributed by atoms with E-state index >= 15 is 0 Å². The number of hydrogen-bond acceptors (Lipinski definition) is 2. The van der Waals surface area contributed by atoms with Crippen molar-refractivity contribution in [1.82, 2.24) is 5.32 Å². The third-order valence-electron chi connectivity index (χ3n) is 2.43. The van der Waals surface area contributed by atoms with E-state index in [-0.39, 0.29) is 11.6 Å². The molecule has 0 bridgehead atoms. The van der Waals surface area contributed by atoms with Crippen molar-refractivity contribution in [3.63, 3.8) is 0 Å². The number of nitrogens with one attached hydrogen (secondary N) is 1. The van der Waals surface area contributed by atoms with E-state index in [2.05, 4.69) is 11.2 Å². The van der Waals surface area contributed by atoms with Gasteiger partial charge in [-0.1, -0.05) is 18.9 Å². The number of carboxylic acid groups (broad SMARTS) is 1. The van der Waals surface area contributed by atoms with Crippen LogP contribution in [-0.4, -0.2) is 17.1 Å². The SMILES string of the molecule is C#CC(CC)NCc1ccc(C(=O)O)c(F)c1. The summed E-state index contributed by atoms with van der Waals surface area (Å²) in [4.78, 5) is 10.6. The molecule has 0 saturated carbocycles. The summed E-state index contributed by atoms with van der Waals surface area (Å²) in [6.45, 7) is 2.37. The molecule has 3 nitrogen and oxygen atoms in total. The molecule has 0 aliphatic carbocycles. The molecule has 2 N–H and O–H groups in total. The highest BCUT2D eigenvalue weighted by Gasteiger charge is 2.10. The lowest BCUT2D eigenvalue weighted by atomic mass is 10.1. The molecule has 4 heteroatoms. The van der Waals surface area contributed by atoms with Gasteiger partial charge in [0.2, 0.25) is 0 Å². The van der Waals surface area contributed by atoms with E-state index < -0.39 is 11.8 Å². The second-order valence-corrected chi connectivity index (χ2v) is 3.63. The number of carbonyl (C=O) groups is 1. The molecular formula is C13H14FNO2. The Morgan fingerprint density at radius 2 is 2.35 bits per heavy atom. The molecule has 0 aromatic heterocycles. The number of hydrogen-bond donors (Lipinski definition) is 2. The van der Waals surface area contributed by atoms with E-state index in [0.29, 0.717) is 12.1 Å². The van der Waals surface area contributed by atoms with E-state index in [9.17, 15) is 9.18 Å². The smallest absolute Gasteiger partial charge is 0.338 e. The zero-order valence-electron chi connectivity index (χ0n) is 9.53. The maximum Gasteiger partial charge on any atom is 0.338 e. The summed E-state index contributed by atoms with van der Waals surface area (Å²) in [5.41, 5.74) is 0.346. The average molecular weight is 235 g/mol. The molecule has 0 spiro atoms. The minimum atomic E-state index is -1.27. The zero-order chi connectivity index (χ0) is 12.8. The van der Waals surface area contributed by atoms with E-state index in [4.69, 9.17) is 11.5 Å². The first kappa shape index (κ1) is 13.2. The second-order valence-electron chi connectivity index (χ2n) is 3.63. The summed E-state index contributed by atoms with van der Waals surface area (Å²) in [5.74, 6) is 0.570. The normalized spacial score (nSPS) is 11.8. The molecule has 1 aromatic carbocycles. The molecule has 0 amide bonds. The summed E-state index contributed by atoms with van der Waals surface area (Å²) < 4.78 is 13.3. The Balaban J connectivity index is 2.72. The Labute approximate surface area is 99.7 Å². The molecule has 1 atom stereocenters. The van der Waals surface area contributed by atoms with Crippen LogP contribution in [0.2, 0.25) is 0 Å². The number of benzene rings is 1. The average Bonchev–Trinajstić information content (AvgIpc) is 2.30. The van der Waals surface area contributed by atoms with Gasteiger partial charge in [0.15, 0.2) is 0 Å². The Morgan fingerprint density at radius 1 is 1.65 bits per heavy atom. The predicted octanol–water partition coefficient (Wildman–Crippen LogP) is 2.03. The van der Waals surface area contributed by atoms with Gasteiger partial charge in [-0.25, -0.2) is 9.18 Å². The van der Waals surface area contributed by atoms with Crippen molar-refractivity contribution < 1.29 is 14.3 Å². The van der Waals surface area contributed by atoms with Crippen LogP contribution in [0.15, 0.2) is 18.2 Å². The van der Waals surface area contributed by atoms with Crippen LogP contribution in [0.4, 0.5) is 4.39 Å². The van der Waals surface area contributed by atoms with Gasteiger partial charge >= 0.3 is 5.97 Å². The molecule has 0 heterocycles. The highest BCUT2D eigenvalue weighted by Crippen LogP contribution is 2.10. The monoisotopic (exact) mass is 235 g/mol. The minimum Gasteiger partial charge on any atom is -0.478 e. The number of carboxylic acids is 1. The Hall–Kier alpha value is -1.86. The summed E-state index contributed by atoms with van der Waals surface area (Å²) in [7, 11) is 0. The predicted molar refractivity (Wildman–Crippen MR) is 63.1 cm³/mol. The van der Waals surface area contributed by atoms with E-state index in [1.165, 1.54) is 12.1 Å². The third kappa shape index (κ3) is 3.58. The van der Waals surface area contributed by atoms with Crippen LogP contribution in [0.5, 0.6) is 0 Å². The van der Waals surface area contributed by atoms with Crippen LogP contribution in [0.3, 0.4) is 0 Å². The Morgan fingerprint density at radius 3 is 2.82 bits per heavy atom. The van der Waals surface area contributed by atoms with Crippen LogP contribution in [0.25, 0.3) is 0 Å². The van der Waals surface area contributed by atoms with Gasteiger partial charge in [-0.2, -0.15) is 0 Å². The largest absolute Gasteiger partial charge is 0.478 e. The molecule has 0 aliphatic heterocycles. The molecule has 0 radical (unpaired) electrons. The van der Waals surface area contributed by atoms with Crippen LogP contribution in [0, 0.1) is 18.2 Å². The zero-order valence-corrected chi connectivity index (χ0v) is 9.53. The molecular weight excluding hydrogens is 221 g/mol. The van der Waals surface area contributed by atoms with Crippen molar-refractivity contribution in [2.45, 2.75) is 25.9 Å². The van der Waals surface area contributed by atoms with Crippen molar-refractivity contribution >= 4 is 5.97 Å². The Bertz CT molecular complexity index is 451. The van der Waals surface area contributed by atoms with E-state index in [0.717, 1.165) is 6.42 Å². The lowest BCUT2D eigenvalue weighted by molar-refractivity contribution is 0.0692. The number of terminal acetylenes is 1. The molecule has 17 heavy (non-hydrogen) atoms. The maximum absolute atomic E-state index is 13.3. The standard InChI is InChI=1S/C13H14FNO2/c1-3-10(4-2)15-8-9-5-6-11(13(16)17)12(14)7-9/h1,5-7,10,15H,4,8H2,2H3,(H,16,17). The molecule has 0 aliphatic rings. The van der Waals surface area contributed by atoms with Gasteiger partial charge in [0.25, 0.3) is 0 Å². The highest BCUT2D eigenvalue weighted by molar-refractivity contribution is 5.87. The van der Waals surface area contributed by atoms with Crippen molar-refractivity contribution in [1.29, 1.82) is 0 Å². The van der Waals surface area contributed by atoms with Crippen LogP contribution >= 0.6 is 0 Å². The fourth-order valence-electron chi connectivity index (χ4n) is 1.40. The maximum atomic E-state index is 13.3. The molecule has 90 valence electrons. The van der Waals surface area contributed by atoms with E-state index in [1.54, 1.807) is 6.07 Å². The lowest BCUT2D eigenvalue weighted by Crippen LogP contribution is -2.26. The minimum absolute atomic E-state index is 0.0581. The quantitative estimate of drug-likeness (QED) is 0.768. The fourth-order valence-corrected chi connectivity index (χ4v) is 1.40. The van der Waals surface area contributed by atoms with Crippen molar-refractivity contribution in [3.8, 4) is 12.3 Å². The molecule has 1 rings (SSSR count). The van der Waals surface area contributed by atoms with Crippen LogP contribution < -0.4 is 5.32 Å². The van der Waals surface area contributed by atoms with Gasteiger partial charge in [0.1, 0.15) is 5.82 Å². The van der Waals surface area contributed by atoms with Gasteiger partial charge in [-0.15, -0.1) is 6.42 Å². The van der Waals surface area contributed by atoms with Gasteiger partial charge in [-0.3, -0.25) is 5.32 Å². The summed E-state index contributed by atoms with van der Waals surface area (Å²) in [6.07, 6.45) is 6.06. The van der Waals surface area contributed by atoms with Gasteiger partial charge in [-0.05, 0) is 24.1 Å². The molecule has 0 fully saturated rings. The van der Waals surface area contributed by atoms with Gasteiger partial charge in [0, 0.05) is 6.54 Å². The van der Waals surface area contributed by atoms with Gasteiger partial charge < -0.3 is 5.11 Å². The first-order chi connectivity index (χ1) is 8.08. The number of halogens is 1. The number of aromatic carboxylic acids is 1. The summed E-state index contributed by atoms with van der Waals surface area (Å²) in [5, 5.41) is 11.7. The third-order valence-corrected chi connectivity index (χ3v) is 2.43. The van der Waals surface area contributed by atoms with Crippen molar-refractivity contribution in [2.24, 2.45) is 0 Å². The molecule has 0 saturated heterocycles. The van der Waals surface area contributed by atoms with Crippen LogP contribution in [-0.2, 0) is 6.54 Å². The van der Waals surface area contributed by atoms with Crippen molar-refractivity contribution in [2.75, 3.05) is 0 Å².